The average molecular weight is 747 g/mol. The second-order valence-corrected chi connectivity index (χ2v) is 14.1. The smallest absolute Gasteiger partial charge is 0.457 e. The first-order chi connectivity index (χ1) is 23.2. The highest BCUT2D eigenvalue weighted by Crippen LogP contribution is 2.33. The van der Waals surface area contributed by atoms with Crippen LogP contribution in [0, 0.1) is 0 Å². The molecule has 4 aromatic rings. The summed E-state index contributed by atoms with van der Waals surface area (Å²) in [6.45, 7) is 1.19. The van der Waals surface area contributed by atoms with Crippen LogP contribution in [0.2, 0.25) is 0 Å². The number of sulfone groups is 1. The van der Waals surface area contributed by atoms with Gasteiger partial charge >= 0.3 is 12.7 Å². The van der Waals surface area contributed by atoms with Crippen molar-refractivity contribution in [2.75, 3.05) is 40.7 Å². The minimum Gasteiger partial charge on any atom is -0.457 e. The number of nitrogens with zero attached hydrogens (tertiary/aromatic N) is 2. The van der Waals surface area contributed by atoms with Gasteiger partial charge in [-0.3, -0.25) is 0 Å². The molecule has 0 aliphatic carbocycles. The number of rotatable bonds is 12. The monoisotopic (exact) mass is 746 g/mol. The summed E-state index contributed by atoms with van der Waals surface area (Å²) in [6, 6.07) is 20.7. The van der Waals surface area contributed by atoms with Crippen molar-refractivity contribution in [3.63, 3.8) is 0 Å². The Morgan fingerprint density at radius 2 is 0.980 bits per heavy atom. The van der Waals surface area contributed by atoms with Gasteiger partial charge in [0.15, 0.2) is 9.84 Å². The first-order valence-electron chi connectivity index (χ1n) is 14.6. The van der Waals surface area contributed by atoms with Crippen molar-refractivity contribution in [1.82, 2.24) is 9.80 Å². The second kappa shape index (κ2) is 17.2. The zero-order valence-corrected chi connectivity index (χ0v) is 29.6. The molecule has 0 N–H and O–H groups in total. The number of hydrogen-bond acceptors (Lipinski definition) is 9. The lowest BCUT2D eigenvalue weighted by Crippen LogP contribution is -2.16. The third-order valence-corrected chi connectivity index (χ3v) is 8.12. The largest absolute Gasteiger partial charge is 0.573 e. The molecule has 16 heteroatoms. The molecule has 0 saturated carbocycles. The lowest BCUT2D eigenvalue weighted by molar-refractivity contribution is -0.275. The van der Waals surface area contributed by atoms with Crippen LogP contribution in [0.4, 0.5) is 26.3 Å². The van der Waals surface area contributed by atoms with Crippen LogP contribution in [-0.2, 0) is 22.9 Å². The Kier molecular flexibility index (Phi) is 13.9. The average Bonchev–Trinajstić information content (AvgIpc) is 2.99. The van der Waals surface area contributed by atoms with Crippen molar-refractivity contribution in [2.24, 2.45) is 0 Å². The van der Waals surface area contributed by atoms with Crippen molar-refractivity contribution in [3.8, 4) is 34.5 Å². The van der Waals surface area contributed by atoms with Gasteiger partial charge < -0.3 is 28.7 Å². The summed E-state index contributed by atoms with van der Waals surface area (Å²) in [6.07, 6.45) is -6.42. The first-order valence-corrected chi connectivity index (χ1v) is 17.7. The Labute approximate surface area is 291 Å². The molecule has 50 heavy (non-hydrogen) atoms. The van der Waals surface area contributed by atoms with Crippen molar-refractivity contribution in [1.29, 1.82) is 0 Å². The molecule has 8 nitrogen and oxygen atoms in total. The Hall–Kier alpha value is -4.12. The van der Waals surface area contributed by atoms with E-state index in [4.69, 9.17) is 9.47 Å². The molecule has 0 bridgehead atoms. The third kappa shape index (κ3) is 14.0. The molecule has 0 saturated heterocycles. The first kappa shape index (κ1) is 40.3. The zero-order valence-electron chi connectivity index (χ0n) is 27.9. The van der Waals surface area contributed by atoms with E-state index in [1.807, 2.05) is 62.4 Å². The predicted molar refractivity (Wildman–Crippen MR) is 179 cm³/mol. The maximum atomic E-state index is 12.2. The topological polar surface area (TPSA) is 77.5 Å². The lowest BCUT2D eigenvalue weighted by Gasteiger charge is -2.16. The highest BCUT2D eigenvalue weighted by atomic mass is 32.2. The van der Waals surface area contributed by atoms with E-state index >= 15 is 0 Å². The lowest BCUT2D eigenvalue weighted by atomic mass is 10.2. The fourth-order valence-corrected chi connectivity index (χ4v) is 5.30. The summed E-state index contributed by atoms with van der Waals surface area (Å²) >= 11 is 1.59. The van der Waals surface area contributed by atoms with Crippen molar-refractivity contribution >= 4 is 21.6 Å². The van der Waals surface area contributed by atoms with Crippen LogP contribution in [-0.4, -0.2) is 71.6 Å². The molecule has 0 fully saturated rings. The van der Waals surface area contributed by atoms with E-state index in [0.29, 0.717) is 30.3 Å². The van der Waals surface area contributed by atoms with Crippen LogP contribution in [0.5, 0.6) is 34.5 Å². The van der Waals surface area contributed by atoms with Crippen LogP contribution >= 0.6 is 11.8 Å². The molecule has 0 heterocycles. The van der Waals surface area contributed by atoms with E-state index < -0.39 is 22.6 Å². The van der Waals surface area contributed by atoms with E-state index in [9.17, 15) is 34.8 Å². The molecule has 4 aromatic carbocycles. The van der Waals surface area contributed by atoms with E-state index in [1.165, 1.54) is 48.5 Å². The van der Waals surface area contributed by atoms with Gasteiger partial charge in [-0.2, -0.15) is 0 Å². The van der Waals surface area contributed by atoms with E-state index in [2.05, 4.69) is 9.47 Å². The van der Waals surface area contributed by atoms with Gasteiger partial charge in [0.25, 0.3) is 0 Å². The molecule has 0 aliphatic heterocycles. The third-order valence-electron chi connectivity index (χ3n) is 6.28. The zero-order chi connectivity index (χ0) is 37.3. The minimum atomic E-state index is -4.77. The maximum Gasteiger partial charge on any atom is 0.573 e. The van der Waals surface area contributed by atoms with Crippen molar-refractivity contribution < 1.29 is 53.7 Å². The number of alkyl halides is 6. The quantitative estimate of drug-likeness (QED) is 0.104. The molecule has 0 atom stereocenters. The van der Waals surface area contributed by atoms with Crippen LogP contribution in [0.3, 0.4) is 0 Å². The summed E-state index contributed by atoms with van der Waals surface area (Å²) in [4.78, 5) is 5.03. The highest BCUT2D eigenvalue weighted by Gasteiger charge is 2.31. The van der Waals surface area contributed by atoms with E-state index in [1.54, 1.807) is 17.8 Å². The molecule has 0 amide bonds. The van der Waals surface area contributed by atoms with Gasteiger partial charge in [-0.05, 0) is 107 Å². The Bertz CT molecular complexity index is 1800. The van der Waals surface area contributed by atoms with Gasteiger partial charge in [-0.25, -0.2) is 8.42 Å². The molecule has 4 rings (SSSR count). The molecule has 0 spiro atoms. The summed E-state index contributed by atoms with van der Waals surface area (Å²) in [7, 11) is 4.17. The van der Waals surface area contributed by atoms with Crippen LogP contribution in [0.1, 0.15) is 11.1 Å². The van der Waals surface area contributed by atoms with Crippen molar-refractivity contribution in [2.45, 2.75) is 35.6 Å². The minimum absolute atomic E-state index is 0.0898. The Balaban J connectivity index is 0.000000271. The maximum absolute atomic E-state index is 12.2. The molecular formula is C34H36F6N2O6S2. The molecule has 0 unspecified atom stereocenters. The van der Waals surface area contributed by atoms with E-state index in [0.717, 1.165) is 34.4 Å². The fraction of sp³-hybridized carbons (Fsp3) is 0.294. The Morgan fingerprint density at radius 1 is 0.600 bits per heavy atom. The SMILES string of the molecule is CN(C)Cc1ccc(S(C)(=O)=O)cc1Oc1ccc(OC(F)(F)F)cc1.CSc1ccc(CN(C)C)c(Oc2ccc(OC(F)(F)F)cc2)c1. The van der Waals surface area contributed by atoms with Crippen LogP contribution in [0.15, 0.2) is 94.7 Å². The standard InChI is InChI=1S/C17H18F3NO4S.C17H18F3NO2S/c1-21(2)11-12-4-9-15(26(3,22)23)10-16(12)24-13-5-7-14(8-6-13)25-17(18,19)20;1-21(2)11-12-4-9-15(24-3)10-16(12)22-13-5-7-14(8-6-13)23-17(18,19)20/h4-10H,11H2,1-3H3;4-10H,11H2,1-3H3. The Morgan fingerprint density at radius 3 is 1.34 bits per heavy atom. The molecular weight excluding hydrogens is 711 g/mol. The van der Waals surface area contributed by atoms with Gasteiger partial charge in [0, 0.05) is 35.4 Å². The number of hydrogen-bond donors (Lipinski definition) is 0. The van der Waals surface area contributed by atoms with Gasteiger partial charge in [-0.1, -0.05) is 12.1 Å². The predicted octanol–water partition coefficient (Wildman–Crippen LogP) is 9.00. The molecule has 0 aromatic heterocycles. The molecule has 0 aliphatic rings. The number of benzene rings is 4. The van der Waals surface area contributed by atoms with Crippen LogP contribution in [0.25, 0.3) is 0 Å². The summed E-state index contributed by atoms with van der Waals surface area (Å²) in [5.41, 5.74) is 1.73. The highest BCUT2D eigenvalue weighted by molar-refractivity contribution is 7.98. The molecule has 0 radical (unpaired) electrons. The van der Waals surface area contributed by atoms with Gasteiger partial charge in [0.1, 0.15) is 34.5 Å². The summed E-state index contributed by atoms with van der Waals surface area (Å²) in [5.74, 6) is 1.05. The van der Waals surface area contributed by atoms with Gasteiger partial charge in [0.2, 0.25) is 0 Å². The van der Waals surface area contributed by atoms with Gasteiger partial charge in [0.05, 0.1) is 4.90 Å². The van der Waals surface area contributed by atoms with E-state index in [-0.39, 0.29) is 22.1 Å². The number of halogens is 6. The summed E-state index contributed by atoms with van der Waals surface area (Å²) < 4.78 is 116. The summed E-state index contributed by atoms with van der Waals surface area (Å²) in [5, 5.41) is 0. The number of ether oxygens (including phenoxy) is 4. The van der Waals surface area contributed by atoms with Crippen LogP contribution < -0.4 is 18.9 Å². The van der Waals surface area contributed by atoms with Crippen molar-refractivity contribution in [3.05, 3.63) is 96.1 Å². The normalized spacial score (nSPS) is 12.0. The fourth-order valence-electron chi connectivity index (χ4n) is 4.23. The number of thioether (sulfide) groups is 1. The second-order valence-electron chi connectivity index (χ2n) is 11.2. The van der Waals surface area contributed by atoms with Gasteiger partial charge in [-0.15, -0.1) is 38.1 Å². The molecule has 272 valence electrons.